The van der Waals surface area contributed by atoms with Crippen molar-refractivity contribution in [2.45, 2.75) is 6.54 Å². The van der Waals surface area contributed by atoms with Gasteiger partial charge in [0.05, 0.1) is 16.2 Å². The molecule has 1 aliphatic heterocycles. The van der Waals surface area contributed by atoms with Crippen LogP contribution in [0.5, 0.6) is 0 Å². The SMILES string of the molecule is O=c1[nH]ncc(N2CCN(Cc3ccc(Cl)s3)CC2)c1Cl. The highest BCUT2D eigenvalue weighted by atomic mass is 35.5. The smallest absolute Gasteiger partial charge is 0.285 e. The number of nitrogens with zero attached hydrogens (tertiary/aromatic N) is 3. The van der Waals surface area contributed by atoms with E-state index in [-0.39, 0.29) is 10.6 Å². The third-order valence-electron chi connectivity index (χ3n) is 3.50. The number of H-pyrrole nitrogens is 1. The first kappa shape index (κ1) is 14.8. The number of halogens is 2. The van der Waals surface area contributed by atoms with E-state index in [1.54, 1.807) is 17.5 Å². The Morgan fingerprint density at radius 1 is 1.24 bits per heavy atom. The minimum Gasteiger partial charge on any atom is -0.366 e. The zero-order chi connectivity index (χ0) is 14.8. The van der Waals surface area contributed by atoms with E-state index in [0.29, 0.717) is 5.69 Å². The normalized spacial score (nSPS) is 16.4. The highest BCUT2D eigenvalue weighted by Gasteiger charge is 2.20. The van der Waals surface area contributed by atoms with Crippen molar-refractivity contribution in [1.29, 1.82) is 0 Å². The molecule has 5 nitrogen and oxygen atoms in total. The molecule has 0 aliphatic carbocycles. The molecule has 0 radical (unpaired) electrons. The molecule has 21 heavy (non-hydrogen) atoms. The summed E-state index contributed by atoms with van der Waals surface area (Å²) < 4.78 is 0.824. The van der Waals surface area contributed by atoms with Gasteiger partial charge in [0, 0.05) is 37.6 Å². The number of anilines is 1. The van der Waals surface area contributed by atoms with Gasteiger partial charge in [-0.1, -0.05) is 23.2 Å². The Kier molecular flexibility index (Phi) is 4.49. The molecule has 0 aromatic carbocycles. The van der Waals surface area contributed by atoms with Gasteiger partial charge in [0.2, 0.25) is 0 Å². The van der Waals surface area contributed by atoms with Gasteiger partial charge in [-0.2, -0.15) is 5.10 Å². The third-order valence-corrected chi connectivity index (χ3v) is 5.08. The number of rotatable bonds is 3. The van der Waals surface area contributed by atoms with Crippen LogP contribution in [-0.2, 0) is 6.54 Å². The average molecular weight is 345 g/mol. The molecule has 3 rings (SSSR count). The van der Waals surface area contributed by atoms with E-state index in [0.717, 1.165) is 37.1 Å². The van der Waals surface area contributed by atoms with Crippen LogP contribution in [0.1, 0.15) is 4.88 Å². The van der Waals surface area contributed by atoms with Crippen molar-refractivity contribution < 1.29 is 0 Å². The molecule has 8 heteroatoms. The van der Waals surface area contributed by atoms with Crippen molar-refractivity contribution >= 4 is 40.2 Å². The Morgan fingerprint density at radius 3 is 2.67 bits per heavy atom. The van der Waals surface area contributed by atoms with E-state index in [1.165, 1.54) is 4.88 Å². The van der Waals surface area contributed by atoms with Gasteiger partial charge in [0.15, 0.2) is 0 Å². The summed E-state index contributed by atoms with van der Waals surface area (Å²) in [5.74, 6) is 0. The van der Waals surface area contributed by atoms with Gasteiger partial charge in [0.1, 0.15) is 5.02 Å². The lowest BCUT2D eigenvalue weighted by atomic mass is 10.2. The molecular formula is C13H14Cl2N4OS. The number of hydrogen-bond donors (Lipinski definition) is 1. The molecular weight excluding hydrogens is 331 g/mol. The number of thiophene rings is 1. The van der Waals surface area contributed by atoms with E-state index < -0.39 is 0 Å². The van der Waals surface area contributed by atoms with Crippen LogP contribution in [0.4, 0.5) is 5.69 Å². The Bertz CT molecular complexity index is 679. The monoisotopic (exact) mass is 344 g/mol. The lowest BCUT2D eigenvalue weighted by Crippen LogP contribution is -2.46. The molecule has 2 aromatic rings. The lowest BCUT2D eigenvalue weighted by Gasteiger charge is -2.35. The quantitative estimate of drug-likeness (QED) is 0.929. The van der Waals surface area contributed by atoms with Crippen molar-refractivity contribution in [2.24, 2.45) is 0 Å². The molecule has 3 heterocycles. The molecule has 1 N–H and O–H groups in total. The van der Waals surface area contributed by atoms with E-state index >= 15 is 0 Å². The van der Waals surface area contributed by atoms with Gasteiger partial charge in [-0.3, -0.25) is 9.69 Å². The van der Waals surface area contributed by atoms with Crippen LogP contribution >= 0.6 is 34.5 Å². The summed E-state index contributed by atoms with van der Waals surface area (Å²) in [6.07, 6.45) is 1.61. The Labute approximate surface area is 136 Å². The molecule has 112 valence electrons. The fourth-order valence-corrected chi connectivity index (χ4v) is 3.74. The second kappa shape index (κ2) is 6.36. The summed E-state index contributed by atoms with van der Waals surface area (Å²) in [6.45, 7) is 4.39. The van der Waals surface area contributed by atoms with Crippen LogP contribution in [0.25, 0.3) is 0 Å². The van der Waals surface area contributed by atoms with E-state index in [1.807, 2.05) is 6.07 Å². The van der Waals surface area contributed by atoms with Crippen LogP contribution in [-0.4, -0.2) is 41.3 Å². The molecule has 0 spiro atoms. The maximum absolute atomic E-state index is 11.5. The molecule has 0 amide bonds. The van der Waals surface area contributed by atoms with E-state index in [9.17, 15) is 4.79 Å². The molecule has 2 aromatic heterocycles. The van der Waals surface area contributed by atoms with Crippen molar-refractivity contribution in [3.63, 3.8) is 0 Å². The average Bonchev–Trinajstić information content (AvgIpc) is 2.88. The molecule has 1 aliphatic rings. The van der Waals surface area contributed by atoms with Gasteiger partial charge in [0.25, 0.3) is 5.56 Å². The molecule has 0 bridgehead atoms. The first-order valence-electron chi connectivity index (χ1n) is 6.58. The minimum absolute atomic E-state index is 0.212. The fraction of sp³-hybridized carbons (Fsp3) is 0.385. The molecule has 0 unspecified atom stereocenters. The summed E-state index contributed by atoms with van der Waals surface area (Å²) in [5.41, 5.74) is 0.365. The minimum atomic E-state index is -0.343. The molecule has 0 saturated carbocycles. The van der Waals surface area contributed by atoms with E-state index in [2.05, 4.69) is 26.1 Å². The second-order valence-electron chi connectivity index (χ2n) is 4.87. The Balaban J connectivity index is 1.62. The van der Waals surface area contributed by atoms with Gasteiger partial charge < -0.3 is 4.90 Å². The topological polar surface area (TPSA) is 52.2 Å². The third kappa shape index (κ3) is 3.40. The zero-order valence-electron chi connectivity index (χ0n) is 11.2. The number of aromatic nitrogens is 2. The number of nitrogens with one attached hydrogen (secondary N) is 1. The number of aromatic amines is 1. The lowest BCUT2D eigenvalue weighted by molar-refractivity contribution is 0.252. The van der Waals surface area contributed by atoms with Crippen LogP contribution in [0.2, 0.25) is 9.36 Å². The summed E-state index contributed by atoms with van der Waals surface area (Å²) in [4.78, 5) is 17.2. The fourth-order valence-electron chi connectivity index (χ4n) is 2.40. The van der Waals surface area contributed by atoms with Gasteiger partial charge in [-0.25, -0.2) is 5.10 Å². The Hall–Kier alpha value is -1.08. The predicted octanol–water partition coefficient (Wildman–Crippen LogP) is 2.46. The number of hydrogen-bond acceptors (Lipinski definition) is 5. The standard InChI is InChI=1S/C13H14Cl2N4OS/c14-11-2-1-9(21-11)8-18-3-5-19(6-4-18)10-7-16-17-13(20)12(10)15/h1-2,7H,3-6,8H2,(H,17,20). The first-order chi connectivity index (χ1) is 10.1. The van der Waals surface area contributed by atoms with Crippen molar-refractivity contribution in [3.05, 3.63) is 42.9 Å². The second-order valence-corrected chi connectivity index (χ2v) is 7.04. The van der Waals surface area contributed by atoms with Crippen LogP contribution in [0.15, 0.2) is 23.1 Å². The maximum Gasteiger partial charge on any atom is 0.285 e. The first-order valence-corrected chi connectivity index (χ1v) is 8.15. The largest absolute Gasteiger partial charge is 0.366 e. The Morgan fingerprint density at radius 2 is 2.00 bits per heavy atom. The summed E-state index contributed by atoms with van der Waals surface area (Å²) in [7, 11) is 0. The number of piperazine rings is 1. The molecule has 1 saturated heterocycles. The predicted molar refractivity (Wildman–Crippen MR) is 86.7 cm³/mol. The van der Waals surface area contributed by atoms with Crippen LogP contribution in [0, 0.1) is 0 Å². The van der Waals surface area contributed by atoms with Gasteiger partial charge in [-0.05, 0) is 12.1 Å². The van der Waals surface area contributed by atoms with Crippen molar-refractivity contribution in [2.75, 3.05) is 31.1 Å². The summed E-state index contributed by atoms with van der Waals surface area (Å²) in [6, 6.07) is 4.00. The molecule has 1 fully saturated rings. The maximum atomic E-state index is 11.5. The van der Waals surface area contributed by atoms with Gasteiger partial charge >= 0.3 is 0 Å². The zero-order valence-corrected chi connectivity index (χ0v) is 13.5. The highest BCUT2D eigenvalue weighted by molar-refractivity contribution is 7.16. The van der Waals surface area contributed by atoms with Gasteiger partial charge in [-0.15, -0.1) is 11.3 Å². The summed E-state index contributed by atoms with van der Waals surface area (Å²) in [5, 5.41) is 6.37. The summed E-state index contributed by atoms with van der Waals surface area (Å²) >= 11 is 13.6. The van der Waals surface area contributed by atoms with Crippen molar-refractivity contribution in [1.82, 2.24) is 15.1 Å². The van der Waals surface area contributed by atoms with Crippen LogP contribution in [0.3, 0.4) is 0 Å². The van der Waals surface area contributed by atoms with Crippen molar-refractivity contribution in [3.8, 4) is 0 Å². The van der Waals surface area contributed by atoms with Crippen LogP contribution < -0.4 is 10.5 Å². The highest BCUT2D eigenvalue weighted by Crippen LogP contribution is 2.25. The van der Waals surface area contributed by atoms with E-state index in [4.69, 9.17) is 23.2 Å². The molecule has 0 atom stereocenters.